The van der Waals surface area contributed by atoms with Gasteiger partial charge in [0.05, 0.1) is 31.7 Å². The van der Waals surface area contributed by atoms with Crippen LogP contribution in [0.5, 0.6) is 11.5 Å². The lowest BCUT2D eigenvalue weighted by Crippen LogP contribution is -2.27. The Hall–Kier alpha value is -4.05. The number of sulfonamides is 1. The van der Waals surface area contributed by atoms with Crippen molar-refractivity contribution in [2.24, 2.45) is 0 Å². The number of carbonyl (C=O) groups excluding carboxylic acids is 2. The van der Waals surface area contributed by atoms with Crippen LogP contribution in [0.15, 0.2) is 66.7 Å². The van der Waals surface area contributed by atoms with Crippen LogP contribution in [0.25, 0.3) is 0 Å². The fourth-order valence-corrected chi connectivity index (χ4v) is 3.93. The molecule has 0 fully saturated rings. The minimum absolute atomic E-state index is 0.238. The Morgan fingerprint density at radius 3 is 2.31 bits per heavy atom. The predicted octanol–water partition coefficient (Wildman–Crippen LogP) is 3.30. The average molecular weight is 498 g/mol. The van der Waals surface area contributed by atoms with Gasteiger partial charge in [-0.05, 0) is 54.4 Å². The predicted molar refractivity (Wildman–Crippen MR) is 135 cm³/mol. The maximum Gasteiger partial charge on any atom is 0.255 e. The molecule has 0 heterocycles. The number of rotatable bonds is 10. The van der Waals surface area contributed by atoms with Crippen LogP contribution in [0.1, 0.15) is 26.3 Å². The Kier molecular flexibility index (Phi) is 8.32. The van der Waals surface area contributed by atoms with Gasteiger partial charge in [0.1, 0.15) is 0 Å². The smallest absolute Gasteiger partial charge is 0.255 e. The molecule has 10 heteroatoms. The minimum atomic E-state index is -3.48. The first kappa shape index (κ1) is 25.6. The van der Waals surface area contributed by atoms with E-state index in [9.17, 15) is 18.0 Å². The molecule has 0 bridgehead atoms. The summed E-state index contributed by atoms with van der Waals surface area (Å²) in [5, 5.41) is 5.59. The second-order valence-electron chi connectivity index (χ2n) is 7.65. The zero-order chi connectivity index (χ0) is 25.4. The molecule has 3 aromatic carbocycles. The highest BCUT2D eigenvalue weighted by Gasteiger charge is 2.15. The number of hydrogen-bond acceptors (Lipinski definition) is 6. The van der Waals surface area contributed by atoms with Crippen molar-refractivity contribution < 1.29 is 27.5 Å². The number of ether oxygens (including phenoxy) is 2. The van der Waals surface area contributed by atoms with Gasteiger partial charge in [0.15, 0.2) is 11.5 Å². The molecule has 3 N–H and O–H groups in total. The largest absolute Gasteiger partial charge is 0.493 e. The number of methoxy groups -OCH3 is 2. The maximum absolute atomic E-state index is 12.8. The average Bonchev–Trinajstić information content (AvgIpc) is 2.83. The first-order valence-electron chi connectivity index (χ1n) is 10.7. The molecule has 0 radical (unpaired) electrons. The summed E-state index contributed by atoms with van der Waals surface area (Å²) in [4.78, 5) is 25.6. The van der Waals surface area contributed by atoms with E-state index in [1.165, 1.54) is 12.1 Å². The van der Waals surface area contributed by atoms with E-state index in [0.717, 1.165) is 11.8 Å². The third-order valence-corrected chi connectivity index (χ3v) is 5.60. The quantitative estimate of drug-likeness (QED) is 0.395. The molecule has 0 atom stereocenters. The summed E-state index contributed by atoms with van der Waals surface area (Å²) in [6.07, 6.45) is 1.60. The molecule has 0 aliphatic heterocycles. The number of hydrogen-bond donors (Lipinski definition) is 3. The number of nitrogens with one attached hydrogen (secondary N) is 3. The second kappa shape index (κ2) is 11.4. The lowest BCUT2D eigenvalue weighted by molar-refractivity contribution is 0.0955. The Morgan fingerprint density at radius 2 is 1.60 bits per heavy atom. The highest BCUT2D eigenvalue weighted by Crippen LogP contribution is 2.27. The molecule has 0 aliphatic carbocycles. The van der Waals surface area contributed by atoms with E-state index in [1.807, 2.05) is 12.1 Å². The van der Waals surface area contributed by atoms with Crippen molar-refractivity contribution in [1.29, 1.82) is 0 Å². The summed E-state index contributed by atoms with van der Waals surface area (Å²) in [6, 6.07) is 18.3. The van der Waals surface area contributed by atoms with E-state index >= 15 is 0 Å². The van der Waals surface area contributed by atoms with Gasteiger partial charge in [-0.25, -0.2) is 8.42 Å². The number of benzene rings is 3. The van der Waals surface area contributed by atoms with Gasteiger partial charge in [-0.2, -0.15) is 0 Å². The van der Waals surface area contributed by atoms with E-state index in [4.69, 9.17) is 9.47 Å². The second-order valence-corrected chi connectivity index (χ2v) is 9.40. The summed E-state index contributed by atoms with van der Waals surface area (Å²) >= 11 is 0. The lowest BCUT2D eigenvalue weighted by Gasteiger charge is -2.13. The molecule has 9 nitrogen and oxygen atoms in total. The number of amides is 2. The summed E-state index contributed by atoms with van der Waals surface area (Å²) in [6.45, 7) is 0.371. The summed E-state index contributed by atoms with van der Waals surface area (Å²) in [7, 11) is -0.352. The van der Waals surface area contributed by atoms with Crippen molar-refractivity contribution in [2.75, 3.05) is 37.1 Å². The third kappa shape index (κ3) is 7.21. The molecular weight excluding hydrogens is 470 g/mol. The summed E-state index contributed by atoms with van der Waals surface area (Å²) < 4.78 is 35.8. The van der Waals surface area contributed by atoms with Crippen LogP contribution in [0, 0.1) is 0 Å². The molecule has 3 aromatic rings. The van der Waals surface area contributed by atoms with Gasteiger partial charge in [-0.1, -0.05) is 24.3 Å². The van der Waals surface area contributed by atoms with E-state index in [0.29, 0.717) is 35.7 Å². The zero-order valence-corrected chi connectivity index (χ0v) is 20.4. The van der Waals surface area contributed by atoms with Crippen LogP contribution < -0.4 is 24.8 Å². The molecule has 0 aliphatic rings. The molecule has 184 valence electrons. The molecule has 0 aromatic heterocycles. The van der Waals surface area contributed by atoms with Crippen molar-refractivity contribution in [2.45, 2.75) is 6.42 Å². The Morgan fingerprint density at radius 1 is 0.857 bits per heavy atom. The molecule has 0 saturated carbocycles. The van der Waals surface area contributed by atoms with E-state index < -0.39 is 15.9 Å². The van der Waals surface area contributed by atoms with Crippen LogP contribution >= 0.6 is 0 Å². The summed E-state index contributed by atoms with van der Waals surface area (Å²) in [5.74, 6) is 0.421. The Labute approximate surface area is 204 Å². The van der Waals surface area contributed by atoms with Crippen LogP contribution in [-0.2, 0) is 16.4 Å². The SMILES string of the molecule is COc1ccc(CCNC(=O)c2ccccc2NC(=O)c2cccc(NS(C)(=O)=O)c2)cc1OC. The third-order valence-electron chi connectivity index (χ3n) is 5.00. The minimum Gasteiger partial charge on any atom is -0.493 e. The molecule has 3 rings (SSSR count). The number of carbonyl (C=O) groups is 2. The first-order chi connectivity index (χ1) is 16.7. The molecule has 0 saturated heterocycles. The normalized spacial score (nSPS) is 10.8. The summed E-state index contributed by atoms with van der Waals surface area (Å²) in [5.41, 5.74) is 2.11. The van der Waals surface area contributed by atoms with Crippen LogP contribution in [0.4, 0.5) is 11.4 Å². The van der Waals surface area contributed by atoms with Crippen molar-refractivity contribution in [3.8, 4) is 11.5 Å². The molecule has 2 amide bonds. The number of para-hydroxylation sites is 1. The standard InChI is InChI=1S/C25H27N3O6S/c1-33-22-12-11-17(15-23(22)34-2)13-14-26-25(30)20-9-4-5-10-21(20)27-24(29)18-7-6-8-19(16-18)28-35(3,31)32/h4-12,15-16,28H,13-14H2,1-3H3,(H,26,30)(H,27,29). The van der Waals surface area contributed by atoms with E-state index in [2.05, 4.69) is 15.4 Å². The van der Waals surface area contributed by atoms with Crippen LogP contribution in [-0.4, -0.2) is 47.3 Å². The zero-order valence-electron chi connectivity index (χ0n) is 19.6. The van der Waals surface area contributed by atoms with Crippen molar-refractivity contribution >= 4 is 33.2 Å². The van der Waals surface area contributed by atoms with Gasteiger partial charge in [0.2, 0.25) is 10.0 Å². The molecule has 0 spiro atoms. The molecular formula is C25H27N3O6S. The Bertz CT molecular complexity index is 1320. The van der Waals surface area contributed by atoms with Crippen molar-refractivity contribution in [3.63, 3.8) is 0 Å². The van der Waals surface area contributed by atoms with E-state index in [1.54, 1.807) is 56.7 Å². The Balaban J connectivity index is 1.66. The monoisotopic (exact) mass is 497 g/mol. The van der Waals surface area contributed by atoms with Crippen LogP contribution in [0.3, 0.4) is 0 Å². The highest BCUT2D eigenvalue weighted by atomic mass is 32.2. The highest BCUT2D eigenvalue weighted by molar-refractivity contribution is 7.92. The van der Waals surface area contributed by atoms with Gasteiger partial charge in [0, 0.05) is 17.8 Å². The topological polar surface area (TPSA) is 123 Å². The fraction of sp³-hybridized carbons (Fsp3) is 0.200. The van der Waals surface area contributed by atoms with Crippen LogP contribution in [0.2, 0.25) is 0 Å². The van der Waals surface area contributed by atoms with E-state index in [-0.39, 0.29) is 17.2 Å². The van der Waals surface area contributed by atoms with Gasteiger partial charge in [-0.15, -0.1) is 0 Å². The molecule has 0 unspecified atom stereocenters. The van der Waals surface area contributed by atoms with Gasteiger partial charge in [0.25, 0.3) is 11.8 Å². The van der Waals surface area contributed by atoms with Gasteiger partial charge < -0.3 is 20.1 Å². The maximum atomic E-state index is 12.8. The lowest BCUT2D eigenvalue weighted by atomic mass is 10.1. The van der Waals surface area contributed by atoms with Crippen molar-refractivity contribution in [3.05, 3.63) is 83.4 Å². The van der Waals surface area contributed by atoms with Crippen molar-refractivity contribution in [1.82, 2.24) is 5.32 Å². The molecule has 35 heavy (non-hydrogen) atoms. The van der Waals surface area contributed by atoms with Gasteiger partial charge in [-0.3, -0.25) is 14.3 Å². The first-order valence-corrected chi connectivity index (χ1v) is 12.6. The van der Waals surface area contributed by atoms with Gasteiger partial charge >= 0.3 is 0 Å². The number of anilines is 2. The fourth-order valence-electron chi connectivity index (χ4n) is 3.37.